The van der Waals surface area contributed by atoms with Crippen LogP contribution in [0.25, 0.3) is 0 Å². The summed E-state index contributed by atoms with van der Waals surface area (Å²) in [5.41, 5.74) is 6.75. The van der Waals surface area contributed by atoms with E-state index in [1.165, 1.54) is 0 Å². The molecule has 1 fully saturated rings. The first-order valence-electron chi connectivity index (χ1n) is 6.31. The zero-order chi connectivity index (χ0) is 12.4. The second kappa shape index (κ2) is 4.92. The van der Waals surface area contributed by atoms with Gasteiger partial charge in [-0.05, 0) is 31.4 Å². The maximum atomic E-state index is 12.4. The van der Waals surface area contributed by atoms with Gasteiger partial charge in [0.25, 0.3) is 5.91 Å². The van der Waals surface area contributed by atoms with E-state index >= 15 is 0 Å². The molecule has 94 valence electrons. The normalized spacial score (nSPS) is 25.0. The van der Waals surface area contributed by atoms with Gasteiger partial charge in [-0.2, -0.15) is 0 Å². The molecule has 1 aromatic rings. The van der Waals surface area contributed by atoms with Crippen molar-refractivity contribution in [1.82, 2.24) is 9.47 Å². The molecule has 1 aliphatic rings. The monoisotopic (exact) mass is 235 g/mol. The molecule has 0 bridgehead atoms. The molecule has 2 rings (SSSR count). The highest BCUT2D eigenvalue weighted by Gasteiger charge is 2.27. The van der Waals surface area contributed by atoms with Gasteiger partial charge < -0.3 is 15.2 Å². The predicted octanol–water partition coefficient (Wildman–Crippen LogP) is 1.32. The van der Waals surface area contributed by atoms with Crippen LogP contribution in [0.1, 0.15) is 30.8 Å². The largest absolute Gasteiger partial charge is 0.344 e. The molecule has 2 heterocycles. The van der Waals surface area contributed by atoms with E-state index in [0.29, 0.717) is 12.5 Å². The Kier molecular flexibility index (Phi) is 3.52. The number of hydrogen-bond donors (Lipinski definition) is 1. The maximum absolute atomic E-state index is 12.4. The lowest BCUT2D eigenvalue weighted by molar-refractivity contribution is 0.0650. The highest BCUT2D eigenvalue weighted by molar-refractivity contribution is 5.92. The van der Waals surface area contributed by atoms with E-state index < -0.39 is 0 Å². The van der Waals surface area contributed by atoms with E-state index in [0.717, 1.165) is 25.2 Å². The molecule has 4 heteroatoms. The molecule has 0 aromatic carbocycles. The number of carbonyl (C=O) groups excluding carboxylic acids is 1. The second-order valence-electron chi connectivity index (χ2n) is 4.99. The first-order valence-corrected chi connectivity index (χ1v) is 6.31. The van der Waals surface area contributed by atoms with Crippen LogP contribution >= 0.6 is 0 Å². The van der Waals surface area contributed by atoms with Gasteiger partial charge in [0.05, 0.1) is 0 Å². The van der Waals surface area contributed by atoms with Crippen LogP contribution in [0.5, 0.6) is 0 Å². The summed E-state index contributed by atoms with van der Waals surface area (Å²) in [4.78, 5) is 14.3. The van der Waals surface area contributed by atoms with Gasteiger partial charge in [-0.15, -0.1) is 0 Å². The fourth-order valence-electron chi connectivity index (χ4n) is 2.61. The first kappa shape index (κ1) is 12.2. The number of nitrogens with two attached hydrogens (primary N) is 1. The van der Waals surface area contributed by atoms with Crippen LogP contribution in [0.2, 0.25) is 0 Å². The molecular formula is C13H21N3O. The molecule has 4 nitrogen and oxygen atoms in total. The summed E-state index contributed by atoms with van der Waals surface area (Å²) in [6.45, 7) is 6.52. The number of rotatable bonds is 2. The zero-order valence-electron chi connectivity index (χ0n) is 10.6. The SMILES string of the molecule is CCn1cccc1C(=O)N1CC(C)CC(N)C1. The Bertz CT molecular complexity index is 389. The van der Waals surface area contributed by atoms with Gasteiger partial charge in [0.2, 0.25) is 0 Å². The predicted molar refractivity (Wildman–Crippen MR) is 67.8 cm³/mol. The van der Waals surface area contributed by atoms with E-state index in [2.05, 4.69) is 6.92 Å². The molecule has 1 saturated heterocycles. The highest BCUT2D eigenvalue weighted by atomic mass is 16.2. The van der Waals surface area contributed by atoms with Crippen LogP contribution in [0.15, 0.2) is 18.3 Å². The number of nitrogens with zero attached hydrogens (tertiary/aromatic N) is 2. The molecule has 1 amide bonds. The fraction of sp³-hybridized carbons (Fsp3) is 0.615. The van der Waals surface area contributed by atoms with Crippen LogP contribution in [-0.4, -0.2) is 34.5 Å². The lowest BCUT2D eigenvalue weighted by Gasteiger charge is -2.34. The molecule has 2 N–H and O–H groups in total. The minimum atomic E-state index is 0.110. The second-order valence-corrected chi connectivity index (χ2v) is 4.99. The van der Waals surface area contributed by atoms with E-state index in [1.807, 2.05) is 34.7 Å². The van der Waals surface area contributed by atoms with Crippen LogP contribution in [0.4, 0.5) is 0 Å². The van der Waals surface area contributed by atoms with Crippen LogP contribution in [0.3, 0.4) is 0 Å². The summed E-state index contributed by atoms with van der Waals surface area (Å²) in [5, 5.41) is 0. The van der Waals surface area contributed by atoms with Crippen molar-refractivity contribution in [2.24, 2.45) is 11.7 Å². The van der Waals surface area contributed by atoms with Crippen molar-refractivity contribution in [2.45, 2.75) is 32.9 Å². The number of amides is 1. The van der Waals surface area contributed by atoms with Crippen LogP contribution < -0.4 is 5.73 Å². The Morgan fingerprint density at radius 3 is 2.94 bits per heavy atom. The number of likely N-dealkylation sites (tertiary alicyclic amines) is 1. The van der Waals surface area contributed by atoms with Crippen LogP contribution in [-0.2, 0) is 6.54 Å². The Balaban J connectivity index is 2.14. The minimum Gasteiger partial charge on any atom is -0.344 e. The van der Waals surface area contributed by atoms with Gasteiger partial charge in [0.15, 0.2) is 0 Å². The molecule has 0 spiro atoms. The van der Waals surface area contributed by atoms with Crippen molar-refractivity contribution in [3.8, 4) is 0 Å². The van der Waals surface area contributed by atoms with E-state index in [1.54, 1.807) is 0 Å². The Hall–Kier alpha value is -1.29. The van der Waals surface area contributed by atoms with Gasteiger partial charge >= 0.3 is 0 Å². The molecule has 0 aliphatic carbocycles. The van der Waals surface area contributed by atoms with Crippen molar-refractivity contribution in [2.75, 3.05) is 13.1 Å². The highest BCUT2D eigenvalue weighted by Crippen LogP contribution is 2.17. The van der Waals surface area contributed by atoms with Gasteiger partial charge in [0.1, 0.15) is 5.69 Å². The summed E-state index contributed by atoms with van der Waals surface area (Å²) >= 11 is 0. The standard InChI is InChI=1S/C13H21N3O/c1-3-15-6-4-5-12(15)13(17)16-8-10(2)7-11(14)9-16/h4-6,10-11H,3,7-9,14H2,1-2H3. The van der Waals surface area contributed by atoms with Gasteiger partial charge in [0, 0.05) is 31.9 Å². The third-order valence-corrected chi connectivity index (χ3v) is 3.37. The Morgan fingerprint density at radius 1 is 1.53 bits per heavy atom. The van der Waals surface area contributed by atoms with Crippen molar-refractivity contribution in [3.05, 3.63) is 24.0 Å². The van der Waals surface area contributed by atoms with E-state index in [-0.39, 0.29) is 11.9 Å². The Morgan fingerprint density at radius 2 is 2.29 bits per heavy atom. The molecule has 0 radical (unpaired) electrons. The molecular weight excluding hydrogens is 214 g/mol. The van der Waals surface area contributed by atoms with Crippen LogP contribution in [0, 0.1) is 5.92 Å². The van der Waals surface area contributed by atoms with Gasteiger partial charge in [-0.25, -0.2) is 0 Å². The van der Waals surface area contributed by atoms with Gasteiger partial charge in [-0.3, -0.25) is 4.79 Å². The van der Waals surface area contributed by atoms with Crippen molar-refractivity contribution >= 4 is 5.91 Å². The number of aromatic nitrogens is 1. The van der Waals surface area contributed by atoms with E-state index in [4.69, 9.17) is 5.73 Å². The molecule has 17 heavy (non-hydrogen) atoms. The number of piperidine rings is 1. The Labute approximate surface area is 102 Å². The summed E-state index contributed by atoms with van der Waals surface area (Å²) in [6, 6.07) is 3.92. The van der Waals surface area contributed by atoms with Crippen molar-refractivity contribution in [1.29, 1.82) is 0 Å². The molecule has 1 aliphatic heterocycles. The quantitative estimate of drug-likeness (QED) is 0.840. The van der Waals surface area contributed by atoms with Crippen molar-refractivity contribution in [3.63, 3.8) is 0 Å². The maximum Gasteiger partial charge on any atom is 0.270 e. The summed E-state index contributed by atoms with van der Waals surface area (Å²) in [6.07, 6.45) is 2.96. The first-order chi connectivity index (χ1) is 8.11. The fourth-order valence-corrected chi connectivity index (χ4v) is 2.61. The lowest BCUT2D eigenvalue weighted by atomic mass is 9.96. The molecule has 2 atom stereocenters. The van der Waals surface area contributed by atoms with E-state index in [9.17, 15) is 4.79 Å². The molecule has 2 unspecified atom stereocenters. The van der Waals surface area contributed by atoms with Crippen molar-refractivity contribution < 1.29 is 4.79 Å². The summed E-state index contributed by atoms with van der Waals surface area (Å²) in [5.74, 6) is 0.603. The average molecular weight is 235 g/mol. The molecule has 1 aromatic heterocycles. The third kappa shape index (κ3) is 2.52. The number of aryl methyl sites for hydroxylation is 1. The summed E-state index contributed by atoms with van der Waals surface area (Å²) < 4.78 is 1.98. The number of hydrogen-bond acceptors (Lipinski definition) is 2. The average Bonchev–Trinajstić information content (AvgIpc) is 2.74. The van der Waals surface area contributed by atoms with Gasteiger partial charge in [-0.1, -0.05) is 6.92 Å². The summed E-state index contributed by atoms with van der Waals surface area (Å²) in [7, 11) is 0. The number of carbonyl (C=O) groups is 1. The smallest absolute Gasteiger partial charge is 0.270 e. The zero-order valence-corrected chi connectivity index (χ0v) is 10.6. The lowest BCUT2D eigenvalue weighted by Crippen LogP contribution is -2.49. The minimum absolute atomic E-state index is 0.110. The topological polar surface area (TPSA) is 51.3 Å². The third-order valence-electron chi connectivity index (χ3n) is 3.37. The molecule has 0 saturated carbocycles.